The molecule has 0 radical (unpaired) electrons. The SMILES string of the molecule is COc1ccc(F)cc1C(=O)NCc1ccc(C(=N)/C(C(N)=O)=C(/N)NC2CCOCC2)cc1. The maximum atomic E-state index is 13.5. The Labute approximate surface area is 196 Å². The lowest BCUT2D eigenvalue weighted by atomic mass is 10.00. The summed E-state index contributed by atoms with van der Waals surface area (Å²) in [6, 6.07) is 10.4. The third-order valence-electron chi connectivity index (χ3n) is 5.45. The number of benzene rings is 2. The predicted octanol–water partition coefficient (Wildman–Crippen LogP) is 1.56. The van der Waals surface area contributed by atoms with E-state index in [0.717, 1.165) is 24.5 Å². The molecule has 10 heteroatoms. The van der Waals surface area contributed by atoms with Gasteiger partial charge in [0, 0.05) is 31.4 Å². The van der Waals surface area contributed by atoms with E-state index in [9.17, 15) is 14.0 Å². The van der Waals surface area contributed by atoms with E-state index in [1.165, 1.54) is 19.2 Å². The lowest BCUT2D eigenvalue weighted by Crippen LogP contribution is -2.40. The molecule has 0 spiro atoms. The first kappa shape index (κ1) is 24.7. The summed E-state index contributed by atoms with van der Waals surface area (Å²) in [4.78, 5) is 24.5. The summed E-state index contributed by atoms with van der Waals surface area (Å²) >= 11 is 0. The van der Waals surface area contributed by atoms with Gasteiger partial charge in [0.1, 0.15) is 23.0 Å². The largest absolute Gasteiger partial charge is 0.496 e. The van der Waals surface area contributed by atoms with Gasteiger partial charge in [-0.25, -0.2) is 4.39 Å². The fourth-order valence-corrected chi connectivity index (χ4v) is 3.59. The second-order valence-electron chi connectivity index (χ2n) is 7.78. The zero-order chi connectivity index (χ0) is 24.7. The molecule has 1 saturated heterocycles. The van der Waals surface area contributed by atoms with Gasteiger partial charge in [0.2, 0.25) is 0 Å². The number of hydrogen-bond donors (Lipinski definition) is 5. The fourth-order valence-electron chi connectivity index (χ4n) is 3.59. The van der Waals surface area contributed by atoms with Crippen molar-refractivity contribution in [2.75, 3.05) is 20.3 Å². The van der Waals surface area contributed by atoms with Crippen LogP contribution in [0.25, 0.3) is 0 Å². The van der Waals surface area contributed by atoms with Gasteiger partial charge in [-0.15, -0.1) is 0 Å². The molecule has 1 aliphatic heterocycles. The first-order chi connectivity index (χ1) is 16.3. The second-order valence-corrected chi connectivity index (χ2v) is 7.78. The Kier molecular flexibility index (Phi) is 8.20. The molecule has 1 aliphatic rings. The van der Waals surface area contributed by atoms with E-state index in [2.05, 4.69) is 10.6 Å². The number of nitrogens with two attached hydrogens (primary N) is 2. The van der Waals surface area contributed by atoms with Crippen LogP contribution in [-0.4, -0.2) is 43.9 Å². The van der Waals surface area contributed by atoms with Crippen molar-refractivity contribution in [2.24, 2.45) is 11.5 Å². The van der Waals surface area contributed by atoms with Crippen LogP contribution in [0.15, 0.2) is 53.9 Å². The molecule has 3 rings (SSSR count). The molecule has 1 heterocycles. The molecule has 0 unspecified atom stereocenters. The smallest absolute Gasteiger partial charge is 0.255 e. The molecular formula is C24H28FN5O4. The number of carbonyl (C=O) groups excluding carboxylic acids is 2. The van der Waals surface area contributed by atoms with Crippen molar-refractivity contribution in [1.29, 1.82) is 5.41 Å². The van der Waals surface area contributed by atoms with Gasteiger partial charge in [-0.1, -0.05) is 24.3 Å². The number of methoxy groups -OCH3 is 1. The minimum Gasteiger partial charge on any atom is -0.496 e. The van der Waals surface area contributed by atoms with Crippen LogP contribution >= 0.6 is 0 Å². The number of rotatable bonds is 9. The highest BCUT2D eigenvalue weighted by Gasteiger charge is 2.21. The van der Waals surface area contributed by atoms with Gasteiger partial charge in [-0.05, 0) is 36.6 Å². The van der Waals surface area contributed by atoms with Gasteiger partial charge in [0.05, 0.1) is 18.4 Å². The highest BCUT2D eigenvalue weighted by Crippen LogP contribution is 2.19. The zero-order valence-corrected chi connectivity index (χ0v) is 18.8. The molecule has 0 atom stereocenters. The molecule has 9 nitrogen and oxygen atoms in total. The van der Waals surface area contributed by atoms with Crippen molar-refractivity contribution < 1.29 is 23.5 Å². The van der Waals surface area contributed by atoms with E-state index in [4.69, 9.17) is 26.4 Å². The normalized spacial score (nSPS) is 14.6. The van der Waals surface area contributed by atoms with E-state index in [-0.39, 0.29) is 41.0 Å². The maximum Gasteiger partial charge on any atom is 0.255 e. The lowest BCUT2D eigenvalue weighted by molar-refractivity contribution is -0.114. The maximum absolute atomic E-state index is 13.5. The van der Waals surface area contributed by atoms with Crippen LogP contribution in [-0.2, 0) is 16.1 Å². The van der Waals surface area contributed by atoms with Crippen molar-refractivity contribution >= 4 is 17.5 Å². The highest BCUT2D eigenvalue weighted by molar-refractivity contribution is 6.26. The van der Waals surface area contributed by atoms with Gasteiger partial charge < -0.3 is 31.6 Å². The Morgan fingerprint density at radius 3 is 2.44 bits per heavy atom. The Bertz CT molecular complexity index is 1100. The van der Waals surface area contributed by atoms with Crippen molar-refractivity contribution in [3.8, 4) is 5.75 Å². The number of carbonyl (C=O) groups is 2. The van der Waals surface area contributed by atoms with Gasteiger partial charge in [0.15, 0.2) is 0 Å². The summed E-state index contributed by atoms with van der Waals surface area (Å²) in [6.45, 7) is 1.36. The zero-order valence-electron chi connectivity index (χ0n) is 18.8. The first-order valence-corrected chi connectivity index (χ1v) is 10.7. The van der Waals surface area contributed by atoms with E-state index >= 15 is 0 Å². The molecule has 2 aromatic carbocycles. The molecule has 1 fully saturated rings. The van der Waals surface area contributed by atoms with E-state index < -0.39 is 17.6 Å². The van der Waals surface area contributed by atoms with Gasteiger partial charge in [-0.2, -0.15) is 0 Å². The molecule has 0 aromatic heterocycles. The molecule has 180 valence electrons. The van der Waals surface area contributed by atoms with Crippen LogP contribution in [0, 0.1) is 11.2 Å². The van der Waals surface area contributed by atoms with Crippen LogP contribution in [0.2, 0.25) is 0 Å². The Hall–Kier alpha value is -3.92. The number of amides is 2. The fraction of sp³-hybridized carbons (Fsp3) is 0.292. The molecule has 0 aliphatic carbocycles. The second kappa shape index (κ2) is 11.3. The van der Waals surface area contributed by atoms with Crippen LogP contribution in [0.1, 0.15) is 34.3 Å². The molecule has 7 N–H and O–H groups in total. The minimum atomic E-state index is -0.803. The summed E-state index contributed by atoms with van der Waals surface area (Å²) in [5.74, 6) is -1.51. The molecule has 0 saturated carbocycles. The van der Waals surface area contributed by atoms with Crippen molar-refractivity contribution in [1.82, 2.24) is 10.6 Å². The number of hydrogen-bond acceptors (Lipinski definition) is 7. The van der Waals surface area contributed by atoms with Gasteiger partial charge in [0.25, 0.3) is 11.8 Å². The molecule has 2 aromatic rings. The summed E-state index contributed by atoms with van der Waals surface area (Å²) in [5.41, 5.74) is 12.7. The molecule has 0 bridgehead atoms. The van der Waals surface area contributed by atoms with Gasteiger partial charge in [-0.3, -0.25) is 15.0 Å². The summed E-state index contributed by atoms with van der Waals surface area (Å²) in [6.07, 6.45) is 1.48. The lowest BCUT2D eigenvalue weighted by Gasteiger charge is -2.25. The van der Waals surface area contributed by atoms with Crippen molar-refractivity contribution in [2.45, 2.75) is 25.4 Å². The topological polar surface area (TPSA) is 153 Å². The van der Waals surface area contributed by atoms with Crippen LogP contribution in [0.3, 0.4) is 0 Å². The number of nitrogens with one attached hydrogen (secondary N) is 3. The number of halogens is 1. The molecule has 2 amide bonds. The van der Waals surface area contributed by atoms with E-state index in [1.54, 1.807) is 24.3 Å². The Balaban J connectivity index is 1.68. The highest BCUT2D eigenvalue weighted by atomic mass is 19.1. The third-order valence-corrected chi connectivity index (χ3v) is 5.45. The van der Waals surface area contributed by atoms with Crippen LogP contribution < -0.4 is 26.8 Å². The average molecular weight is 470 g/mol. The predicted molar refractivity (Wildman–Crippen MR) is 125 cm³/mol. The number of primary amides is 1. The van der Waals surface area contributed by atoms with E-state index in [1.807, 2.05) is 0 Å². The van der Waals surface area contributed by atoms with Crippen molar-refractivity contribution in [3.63, 3.8) is 0 Å². The summed E-state index contributed by atoms with van der Waals surface area (Å²) in [7, 11) is 1.40. The quantitative estimate of drug-likeness (QED) is 0.278. The average Bonchev–Trinajstić information content (AvgIpc) is 2.83. The van der Waals surface area contributed by atoms with Crippen molar-refractivity contribution in [3.05, 3.63) is 76.4 Å². The number of ether oxygens (including phenoxy) is 2. The Morgan fingerprint density at radius 1 is 1.15 bits per heavy atom. The van der Waals surface area contributed by atoms with Gasteiger partial charge >= 0.3 is 0 Å². The molecule has 34 heavy (non-hydrogen) atoms. The Morgan fingerprint density at radius 2 is 1.82 bits per heavy atom. The molecular weight excluding hydrogens is 441 g/mol. The van der Waals surface area contributed by atoms with E-state index in [0.29, 0.717) is 18.8 Å². The standard InChI is InChI=1S/C24H28FN5O4/c1-33-19-7-6-16(25)12-18(19)24(32)29-13-14-2-4-15(5-3-14)21(26)20(23(28)31)22(27)30-17-8-10-34-11-9-17/h2-7,12,17,26,30H,8-11,13,27H2,1H3,(H2,28,31)(H,29,32)/b22-20+,26-21?. The summed E-state index contributed by atoms with van der Waals surface area (Å²) in [5, 5.41) is 14.2. The minimum absolute atomic E-state index is 0.0404. The van der Waals surface area contributed by atoms with Crippen LogP contribution in [0.5, 0.6) is 5.75 Å². The monoisotopic (exact) mass is 469 g/mol. The third kappa shape index (κ3) is 6.10. The summed E-state index contributed by atoms with van der Waals surface area (Å²) < 4.78 is 23.9. The van der Waals surface area contributed by atoms with Crippen LogP contribution in [0.4, 0.5) is 4.39 Å². The first-order valence-electron chi connectivity index (χ1n) is 10.7.